The van der Waals surface area contributed by atoms with Crippen LogP contribution in [0, 0.1) is 0 Å². The zero-order valence-electron chi connectivity index (χ0n) is 16.2. The van der Waals surface area contributed by atoms with Gasteiger partial charge in [-0.05, 0) is 29.2 Å². The Labute approximate surface area is 166 Å². The molecule has 0 saturated carbocycles. The highest BCUT2D eigenvalue weighted by Crippen LogP contribution is 2.26. The van der Waals surface area contributed by atoms with Crippen molar-refractivity contribution in [3.05, 3.63) is 102 Å². The molecule has 3 nitrogen and oxygen atoms in total. The molecule has 4 rings (SSSR count). The average Bonchev–Trinajstić information content (AvgIpc) is 3.18. The maximum atomic E-state index is 4.80. The molecular formula is C25H23N3. The molecule has 4 aromatic rings. The molecule has 0 bridgehead atoms. The van der Waals surface area contributed by atoms with Crippen molar-refractivity contribution in [1.82, 2.24) is 9.78 Å². The number of hydrogen-bond acceptors (Lipinski definition) is 2. The highest BCUT2D eigenvalue weighted by atomic mass is 15.3. The van der Waals surface area contributed by atoms with Gasteiger partial charge in [-0.1, -0.05) is 86.6 Å². The molecule has 0 aliphatic heterocycles. The fraction of sp³-hybridized carbons (Fsp3) is 0.120. The fourth-order valence-corrected chi connectivity index (χ4v) is 3.08. The van der Waals surface area contributed by atoms with Crippen LogP contribution in [0.5, 0.6) is 0 Å². The SMILES string of the molecule is CC(C)c1ccc(C=Nc2cc(-c3ccccc3)nn2-c2ccccc2)cc1. The van der Waals surface area contributed by atoms with Gasteiger partial charge in [0, 0.05) is 17.8 Å². The molecule has 1 heterocycles. The Morgan fingerprint density at radius 1 is 0.821 bits per heavy atom. The van der Waals surface area contributed by atoms with E-state index in [0.29, 0.717) is 5.92 Å². The monoisotopic (exact) mass is 365 g/mol. The van der Waals surface area contributed by atoms with Crippen LogP contribution in [0.15, 0.2) is 96.0 Å². The lowest BCUT2D eigenvalue weighted by molar-refractivity contribution is 0.866. The maximum Gasteiger partial charge on any atom is 0.156 e. The second kappa shape index (κ2) is 8.05. The highest BCUT2D eigenvalue weighted by Gasteiger charge is 2.10. The van der Waals surface area contributed by atoms with Crippen molar-refractivity contribution in [1.29, 1.82) is 0 Å². The van der Waals surface area contributed by atoms with Crippen molar-refractivity contribution in [3.8, 4) is 16.9 Å². The van der Waals surface area contributed by atoms with Gasteiger partial charge >= 0.3 is 0 Å². The van der Waals surface area contributed by atoms with Gasteiger partial charge in [0.1, 0.15) is 0 Å². The molecular weight excluding hydrogens is 342 g/mol. The van der Waals surface area contributed by atoms with E-state index < -0.39 is 0 Å². The molecule has 0 N–H and O–H groups in total. The van der Waals surface area contributed by atoms with E-state index >= 15 is 0 Å². The fourth-order valence-electron chi connectivity index (χ4n) is 3.08. The Hall–Kier alpha value is -3.46. The molecule has 1 aromatic heterocycles. The average molecular weight is 365 g/mol. The first-order chi connectivity index (χ1) is 13.7. The number of rotatable bonds is 5. The third-order valence-electron chi connectivity index (χ3n) is 4.71. The van der Waals surface area contributed by atoms with Gasteiger partial charge in [-0.3, -0.25) is 0 Å². The molecule has 0 amide bonds. The summed E-state index contributed by atoms with van der Waals surface area (Å²) in [7, 11) is 0. The second-order valence-electron chi connectivity index (χ2n) is 7.08. The van der Waals surface area contributed by atoms with Crippen LogP contribution in [-0.2, 0) is 0 Å². The number of aliphatic imine (C=N–C) groups is 1. The molecule has 0 aliphatic rings. The minimum atomic E-state index is 0.527. The Morgan fingerprint density at radius 3 is 2.11 bits per heavy atom. The topological polar surface area (TPSA) is 30.2 Å². The molecule has 138 valence electrons. The zero-order valence-corrected chi connectivity index (χ0v) is 16.2. The van der Waals surface area contributed by atoms with Gasteiger partial charge < -0.3 is 0 Å². The van der Waals surface area contributed by atoms with Crippen molar-refractivity contribution in [2.24, 2.45) is 4.99 Å². The first-order valence-electron chi connectivity index (χ1n) is 9.55. The van der Waals surface area contributed by atoms with E-state index in [1.807, 2.05) is 65.5 Å². The van der Waals surface area contributed by atoms with E-state index in [0.717, 1.165) is 28.3 Å². The molecule has 0 radical (unpaired) electrons. The summed E-state index contributed by atoms with van der Waals surface area (Å²) >= 11 is 0. The highest BCUT2D eigenvalue weighted by molar-refractivity contribution is 5.82. The summed E-state index contributed by atoms with van der Waals surface area (Å²) in [6, 6.07) is 30.9. The number of aromatic nitrogens is 2. The lowest BCUT2D eigenvalue weighted by Crippen LogP contribution is -1.96. The summed E-state index contributed by atoms with van der Waals surface area (Å²) < 4.78 is 1.89. The minimum Gasteiger partial charge on any atom is -0.236 e. The summed E-state index contributed by atoms with van der Waals surface area (Å²) in [5.41, 5.74) is 5.39. The van der Waals surface area contributed by atoms with Gasteiger partial charge in [0.2, 0.25) is 0 Å². The van der Waals surface area contributed by atoms with E-state index in [1.54, 1.807) is 0 Å². The molecule has 28 heavy (non-hydrogen) atoms. The lowest BCUT2D eigenvalue weighted by atomic mass is 10.0. The van der Waals surface area contributed by atoms with Crippen molar-refractivity contribution >= 4 is 12.0 Å². The Balaban J connectivity index is 1.71. The van der Waals surface area contributed by atoms with Gasteiger partial charge in [-0.2, -0.15) is 5.10 Å². The smallest absolute Gasteiger partial charge is 0.156 e. The van der Waals surface area contributed by atoms with Crippen LogP contribution in [0.3, 0.4) is 0 Å². The summed E-state index contributed by atoms with van der Waals surface area (Å²) in [6.45, 7) is 4.40. The van der Waals surface area contributed by atoms with Crippen LogP contribution in [-0.4, -0.2) is 16.0 Å². The van der Waals surface area contributed by atoms with Gasteiger partial charge in [0.15, 0.2) is 5.82 Å². The summed E-state index contributed by atoms with van der Waals surface area (Å²) in [4.78, 5) is 4.75. The Morgan fingerprint density at radius 2 is 1.46 bits per heavy atom. The van der Waals surface area contributed by atoms with Crippen molar-refractivity contribution < 1.29 is 0 Å². The quantitative estimate of drug-likeness (QED) is 0.376. The number of nitrogens with zero attached hydrogens (tertiary/aromatic N) is 3. The molecule has 3 aromatic carbocycles. The van der Waals surface area contributed by atoms with Crippen molar-refractivity contribution in [2.45, 2.75) is 19.8 Å². The molecule has 0 aliphatic carbocycles. The van der Waals surface area contributed by atoms with Crippen LogP contribution in [0.1, 0.15) is 30.9 Å². The van der Waals surface area contributed by atoms with Crippen LogP contribution in [0.4, 0.5) is 5.82 Å². The van der Waals surface area contributed by atoms with Crippen LogP contribution >= 0.6 is 0 Å². The van der Waals surface area contributed by atoms with E-state index in [4.69, 9.17) is 10.1 Å². The largest absolute Gasteiger partial charge is 0.236 e. The summed E-state index contributed by atoms with van der Waals surface area (Å²) in [6.07, 6.45) is 1.90. The van der Waals surface area contributed by atoms with Gasteiger partial charge in [0.05, 0.1) is 11.4 Å². The Bertz CT molecular complexity index is 1060. The number of para-hydroxylation sites is 1. The summed E-state index contributed by atoms with van der Waals surface area (Å²) in [5, 5.41) is 4.80. The van der Waals surface area contributed by atoms with Gasteiger partial charge in [-0.15, -0.1) is 0 Å². The predicted octanol–water partition coefficient (Wildman–Crippen LogP) is 6.41. The van der Waals surface area contributed by atoms with Crippen LogP contribution in [0.25, 0.3) is 16.9 Å². The van der Waals surface area contributed by atoms with E-state index in [1.165, 1.54) is 5.56 Å². The lowest BCUT2D eigenvalue weighted by Gasteiger charge is -2.05. The molecule has 0 unspecified atom stereocenters. The molecule has 0 saturated heterocycles. The van der Waals surface area contributed by atoms with E-state index in [9.17, 15) is 0 Å². The number of hydrogen-bond donors (Lipinski definition) is 0. The molecule has 0 fully saturated rings. The molecule has 3 heteroatoms. The standard InChI is InChI=1S/C25H23N3/c1-19(2)21-15-13-20(14-16-21)18-26-25-17-24(22-9-5-3-6-10-22)27-28(25)23-11-7-4-8-12-23/h3-19H,1-2H3. The normalized spacial score (nSPS) is 11.4. The number of benzene rings is 3. The first-order valence-corrected chi connectivity index (χ1v) is 9.55. The maximum absolute atomic E-state index is 4.80. The van der Waals surface area contributed by atoms with Crippen molar-refractivity contribution in [2.75, 3.05) is 0 Å². The van der Waals surface area contributed by atoms with Gasteiger partial charge in [-0.25, -0.2) is 9.67 Å². The summed E-state index contributed by atoms with van der Waals surface area (Å²) in [5.74, 6) is 1.33. The van der Waals surface area contributed by atoms with E-state index in [2.05, 4.69) is 50.2 Å². The van der Waals surface area contributed by atoms with E-state index in [-0.39, 0.29) is 0 Å². The zero-order chi connectivity index (χ0) is 19.3. The Kier molecular flexibility index (Phi) is 5.16. The predicted molar refractivity (Wildman–Crippen MR) is 117 cm³/mol. The van der Waals surface area contributed by atoms with Crippen LogP contribution < -0.4 is 0 Å². The van der Waals surface area contributed by atoms with Crippen molar-refractivity contribution in [3.63, 3.8) is 0 Å². The molecule has 0 atom stereocenters. The van der Waals surface area contributed by atoms with Crippen LogP contribution in [0.2, 0.25) is 0 Å². The second-order valence-corrected chi connectivity index (χ2v) is 7.08. The molecule has 0 spiro atoms. The minimum absolute atomic E-state index is 0.527. The third kappa shape index (κ3) is 3.94. The third-order valence-corrected chi connectivity index (χ3v) is 4.71. The first kappa shape index (κ1) is 17.9. The van der Waals surface area contributed by atoms with Gasteiger partial charge in [0.25, 0.3) is 0 Å².